The zero-order valence-corrected chi connectivity index (χ0v) is 19.2. The minimum Gasteiger partial charge on any atom is -0.489 e. The number of amides is 1. The Hall–Kier alpha value is -3.51. The van der Waals surface area contributed by atoms with Gasteiger partial charge in [-0.2, -0.15) is 0 Å². The molecule has 1 aliphatic rings. The van der Waals surface area contributed by atoms with Gasteiger partial charge in [0.2, 0.25) is 5.91 Å². The van der Waals surface area contributed by atoms with Crippen molar-refractivity contribution in [2.45, 2.75) is 25.8 Å². The molecular weight excluding hydrogens is 434 g/mol. The third-order valence-corrected chi connectivity index (χ3v) is 6.94. The molecule has 0 aliphatic carbocycles. The number of thioether (sulfide) groups is 1. The summed E-state index contributed by atoms with van der Waals surface area (Å²) in [5.74, 6) is 1.27. The second kappa shape index (κ2) is 8.79. The molecule has 6 heteroatoms. The lowest BCUT2D eigenvalue weighted by Gasteiger charge is -2.24. The number of aryl methyl sites for hydroxylation is 2. The van der Waals surface area contributed by atoms with E-state index in [2.05, 4.69) is 0 Å². The van der Waals surface area contributed by atoms with Crippen LogP contribution in [0.1, 0.15) is 27.6 Å². The molecule has 1 aromatic heterocycles. The van der Waals surface area contributed by atoms with Crippen LogP contribution in [0, 0.1) is 13.8 Å². The highest BCUT2D eigenvalue weighted by Gasteiger charge is 2.33. The maximum Gasteiger partial charge on any atom is 0.336 e. The average molecular weight is 458 g/mol. The third kappa shape index (κ3) is 4.39. The van der Waals surface area contributed by atoms with Crippen LogP contribution < -0.4 is 15.3 Å². The second-order valence-electron chi connectivity index (χ2n) is 8.21. The number of nitrogens with zero attached hydrogens (tertiary/aromatic N) is 1. The molecule has 1 atom stereocenters. The highest BCUT2D eigenvalue weighted by molar-refractivity contribution is 8.00. The Morgan fingerprint density at radius 3 is 2.42 bits per heavy atom. The van der Waals surface area contributed by atoms with Gasteiger partial charge in [-0.05, 0) is 55.3 Å². The minimum atomic E-state index is -0.388. The fourth-order valence-electron chi connectivity index (χ4n) is 4.00. The molecular formula is C27H23NO4S. The number of ether oxygens (including phenoxy) is 1. The Morgan fingerprint density at radius 2 is 1.67 bits per heavy atom. The van der Waals surface area contributed by atoms with Crippen molar-refractivity contribution in [3.8, 4) is 5.75 Å². The van der Waals surface area contributed by atoms with E-state index in [0.29, 0.717) is 17.1 Å². The smallest absolute Gasteiger partial charge is 0.336 e. The van der Waals surface area contributed by atoms with Gasteiger partial charge in [-0.15, -0.1) is 11.8 Å². The Balaban J connectivity index is 1.34. The van der Waals surface area contributed by atoms with Gasteiger partial charge in [0.05, 0.1) is 5.75 Å². The highest BCUT2D eigenvalue weighted by Crippen LogP contribution is 2.42. The van der Waals surface area contributed by atoms with E-state index in [4.69, 9.17) is 9.15 Å². The number of carbonyl (C=O) groups is 1. The van der Waals surface area contributed by atoms with Gasteiger partial charge < -0.3 is 9.15 Å². The molecule has 1 fully saturated rings. The summed E-state index contributed by atoms with van der Waals surface area (Å²) in [6.07, 6.45) is 0. The largest absolute Gasteiger partial charge is 0.489 e. The van der Waals surface area contributed by atoms with E-state index in [0.717, 1.165) is 33.3 Å². The standard InChI is InChI=1S/C27H23NO4S/c1-17-3-8-21(9-4-17)28-25(29)16-33-27(28)19-6-10-22(11-7-19)31-15-20-14-26(30)32-24-13-18(2)5-12-23(20)24/h3-14,27H,15-16H2,1-2H3. The van der Waals surface area contributed by atoms with E-state index in [1.807, 2.05) is 85.5 Å². The molecule has 0 spiro atoms. The van der Waals surface area contributed by atoms with Gasteiger partial charge in [-0.3, -0.25) is 9.69 Å². The van der Waals surface area contributed by atoms with Gasteiger partial charge in [0.1, 0.15) is 23.3 Å². The first-order valence-electron chi connectivity index (χ1n) is 10.7. The van der Waals surface area contributed by atoms with Gasteiger partial charge in [-0.1, -0.05) is 42.0 Å². The summed E-state index contributed by atoms with van der Waals surface area (Å²) in [6, 6.07) is 23.1. The van der Waals surface area contributed by atoms with Crippen LogP contribution in [-0.4, -0.2) is 11.7 Å². The molecule has 4 aromatic rings. The Bertz CT molecular complexity index is 1380. The number of anilines is 1. The van der Waals surface area contributed by atoms with Crippen molar-refractivity contribution in [2.24, 2.45) is 0 Å². The Kier molecular flexibility index (Phi) is 5.68. The van der Waals surface area contributed by atoms with E-state index in [1.165, 1.54) is 6.07 Å². The van der Waals surface area contributed by atoms with Gasteiger partial charge in [0, 0.05) is 22.7 Å². The van der Waals surface area contributed by atoms with Crippen molar-refractivity contribution in [1.82, 2.24) is 0 Å². The third-order valence-electron chi connectivity index (χ3n) is 5.73. The first-order valence-corrected chi connectivity index (χ1v) is 11.8. The molecule has 0 bridgehead atoms. The number of benzene rings is 3. The second-order valence-corrected chi connectivity index (χ2v) is 9.28. The summed E-state index contributed by atoms with van der Waals surface area (Å²) in [5, 5.41) is 0.798. The predicted molar refractivity (Wildman–Crippen MR) is 132 cm³/mol. The lowest BCUT2D eigenvalue weighted by atomic mass is 10.1. The quantitative estimate of drug-likeness (QED) is 0.356. The van der Waals surface area contributed by atoms with Crippen molar-refractivity contribution in [2.75, 3.05) is 10.7 Å². The first-order chi connectivity index (χ1) is 16.0. The molecule has 1 aliphatic heterocycles. The molecule has 5 rings (SSSR count). The summed E-state index contributed by atoms with van der Waals surface area (Å²) in [6.45, 7) is 4.25. The Labute approximate surface area is 196 Å². The molecule has 3 aromatic carbocycles. The monoisotopic (exact) mass is 457 g/mol. The van der Waals surface area contributed by atoms with Crippen molar-refractivity contribution < 1.29 is 13.9 Å². The van der Waals surface area contributed by atoms with Gasteiger partial charge in [-0.25, -0.2) is 4.79 Å². The average Bonchev–Trinajstić information content (AvgIpc) is 3.19. The summed E-state index contributed by atoms with van der Waals surface area (Å²) in [5.41, 5.74) is 5.10. The molecule has 5 nitrogen and oxygen atoms in total. The first kappa shape index (κ1) is 21.3. The number of hydrogen-bond donors (Lipinski definition) is 0. The molecule has 2 heterocycles. The number of carbonyl (C=O) groups excluding carboxylic acids is 1. The van der Waals surface area contributed by atoms with Crippen molar-refractivity contribution >= 4 is 34.3 Å². The van der Waals surface area contributed by atoms with Crippen LogP contribution in [0.4, 0.5) is 5.69 Å². The molecule has 0 saturated carbocycles. The van der Waals surface area contributed by atoms with Gasteiger partial charge in [0.25, 0.3) is 0 Å². The van der Waals surface area contributed by atoms with E-state index in [-0.39, 0.29) is 23.5 Å². The highest BCUT2D eigenvalue weighted by atomic mass is 32.2. The summed E-state index contributed by atoms with van der Waals surface area (Å²) in [7, 11) is 0. The van der Waals surface area contributed by atoms with Crippen LogP contribution in [-0.2, 0) is 11.4 Å². The van der Waals surface area contributed by atoms with Crippen LogP contribution in [0.5, 0.6) is 5.75 Å². The maximum atomic E-state index is 12.6. The number of hydrogen-bond acceptors (Lipinski definition) is 5. The molecule has 33 heavy (non-hydrogen) atoms. The summed E-state index contributed by atoms with van der Waals surface area (Å²) < 4.78 is 11.3. The van der Waals surface area contributed by atoms with Gasteiger partial charge >= 0.3 is 5.63 Å². The van der Waals surface area contributed by atoms with E-state index >= 15 is 0 Å². The van der Waals surface area contributed by atoms with Crippen molar-refractivity contribution in [3.63, 3.8) is 0 Å². The lowest BCUT2D eigenvalue weighted by Crippen LogP contribution is -2.27. The molecule has 0 radical (unpaired) electrons. The SMILES string of the molecule is Cc1ccc(N2C(=O)CSC2c2ccc(OCc3cc(=O)oc4cc(C)ccc34)cc2)cc1. The maximum absolute atomic E-state index is 12.6. The normalized spacial score (nSPS) is 15.9. The minimum absolute atomic E-state index is 0.0693. The summed E-state index contributed by atoms with van der Waals surface area (Å²) >= 11 is 1.62. The number of fused-ring (bicyclic) bond motifs is 1. The van der Waals surface area contributed by atoms with E-state index in [9.17, 15) is 9.59 Å². The molecule has 1 amide bonds. The molecule has 166 valence electrons. The number of rotatable bonds is 5. The van der Waals surface area contributed by atoms with Crippen molar-refractivity contribution in [3.05, 3.63) is 105 Å². The fourth-order valence-corrected chi connectivity index (χ4v) is 5.18. The molecule has 1 saturated heterocycles. The zero-order chi connectivity index (χ0) is 22.9. The predicted octanol–water partition coefficient (Wildman–Crippen LogP) is 5.77. The molecule has 1 unspecified atom stereocenters. The van der Waals surface area contributed by atoms with Crippen LogP contribution in [0.2, 0.25) is 0 Å². The van der Waals surface area contributed by atoms with Crippen molar-refractivity contribution in [1.29, 1.82) is 0 Å². The van der Waals surface area contributed by atoms with Gasteiger partial charge in [0.15, 0.2) is 0 Å². The zero-order valence-electron chi connectivity index (χ0n) is 18.4. The van der Waals surface area contributed by atoms with Crippen LogP contribution in [0.25, 0.3) is 11.0 Å². The Morgan fingerprint density at radius 1 is 0.939 bits per heavy atom. The topological polar surface area (TPSA) is 59.8 Å². The fraction of sp³-hybridized carbons (Fsp3) is 0.185. The van der Waals surface area contributed by atoms with Crippen LogP contribution in [0.3, 0.4) is 0 Å². The van der Waals surface area contributed by atoms with E-state index in [1.54, 1.807) is 11.8 Å². The molecule has 0 N–H and O–H groups in total. The summed E-state index contributed by atoms with van der Waals surface area (Å²) in [4.78, 5) is 26.4. The lowest BCUT2D eigenvalue weighted by molar-refractivity contribution is -0.115. The van der Waals surface area contributed by atoms with Crippen LogP contribution in [0.15, 0.2) is 82.0 Å². The van der Waals surface area contributed by atoms with Crippen LogP contribution >= 0.6 is 11.8 Å². The van der Waals surface area contributed by atoms with E-state index < -0.39 is 0 Å².